The molecule has 0 bridgehead atoms. The summed E-state index contributed by atoms with van der Waals surface area (Å²) in [6, 6.07) is 12.7. The maximum atomic E-state index is 12.7. The Morgan fingerprint density at radius 3 is 2.60 bits per heavy atom. The van der Waals surface area contributed by atoms with Gasteiger partial charge in [-0.15, -0.1) is 0 Å². The topological polar surface area (TPSA) is 65.7 Å². The van der Waals surface area contributed by atoms with E-state index in [0.29, 0.717) is 34.6 Å². The first kappa shape index (κ1) is 16.7. The second-order valence-electron chi connectivity index (χ2n) is 5.37. The molecule has 3 aromatic rings. The number of methoxy groups -OCH3 is 2. The van der Waals surface area contributed by atoms with Crippen LogP contribution in [0.1, 0.15) is 18.3 Å². The van der Waals surface area contributed by atoms with Gasteiger partial charge in [-0.3, -0.25) is 4.79 Å². The van der Waals surface area contributed by atoms with E-state index in [2.05, 4.69) is 10.1 Å². The highest BCUT2D eigenvalue weighted by Crippen LogP contribution is 2.26. The summed E-state index contributed by atoms with van der Waals surface area (Å²) in [6.45, 7) is 1.94. The molecule has 2 aromatic carbocycles. The fourth-order valence-electron chi connectivity index (χ4n) is 2.58. The zero-order chi connectivity index (χ0) is 17.8. The van der Waals surface area contributed by atoms with Gasteiger partial charge in [-0.1, -0.05) is 19.1 Å². The van der Waals surface area contributed by atoms with E-state index in [1.165, 1.54) is 4.68 Å². The van der Waals surface area contributed by atoms with Crippen molar-refractivity contribution in [2.45, 2.75) is 13.3 Å². The molecule has 0 N–H and O–H groups in total. The molecule has 6 nitrogen and oxygen atoms in total. The summed E-state index contributed by atoms with van der Waals surface area (Å²) in [6.07, 6.45) is 2.21. The van der Waals surface area contributed by atoms with Crippen LogP contribution in [0.5, 0.6) is 11.5 Å². The number of rotatable bonds is 5. The summed E-state index contributed by atoms with van der Waals surface area (Å²) in [5.41, 5.74) is 1.29. The fourth-order valence-corrected chi connectivity index (χ4v) is 2.58. The van der Waals surface area contributed by atoms with Gasteiger partial charge in [-0.05, 0) is 35.9 Å². The third kappa shape index (κ3) is 3.24. The molecule has 0 radical (unpaired) electrons. The Bertz CT molecular complexity index is 993. The summed E-state index contributed by atoms with van der Waals surface area (Å²) >= 11 is 0. The molecule has 1 heterocycles. The number of aryl methyl sites for hydroxylation is 1. The Morgan fingerprint density at radius 1 is 1.12 bits per heavy atom. The third-order valence-corrected chi connectivity index (χ3v) is 3.87. The second-order valence-corrected chi connectivity index (χ2v) is 5.37. The van der Waals surface area contributed by atoms with E-state index in [-0.39, 0.29) is 5.56 Å². The van der Waals surface area contributed by atoms with Crippen LogP contribution in [0.3, 0.4) is 0 Å². The Labute approximate surface area is 145 Å². The maximum Gasteiger partial charge on any atom is 0.282 e. The highest BCUT2D eigenvalue weighted by atomic mass is 16.5. The average molecular weight is 337 g/mol. The summed E-state index contributed by atoms with van der Waals surface area (Å²) in [5.74, 6) is 1.85. The summed E-state index contributed by atoms with van der Waals surface area (Å²) in [4.78, 5) is 17.2. The highest BCUT2D eigenvalue weighted by molar-refractivity contribution is 5.81. The van der Waals surface area contributed by atoms with Gasteiger partial charge in [0.15, 0.2) is 11.5 Å². The van der Waals surface area contributed by atoms with Crippen LogP contribution in [0.25, 0.3) is 10.9 Å². The number of ether oxygens (including phenoxy) is 2. The zero-order valence-corrected chi connectivity index (χ0v) is 14.4. The molecule has 0 saturated heterocycles. The SMILES string of the molecule is CCc1nc2ccccc2c(=O)n1/N=C/c1ccc(OC)c(OC)c1. The highest BCUT2D eigenvalue weighted by Gasteiger charge is 2.09. The van der Waals surface area contributed by atoms with Gasteiger partial charge in [-0.2, -0.15) is 9.78 Å². The lowest BCUT2D eigenvalue weighted by atomic mass is 10.2. The maximum absolute atomic E-state index is 12.7. The lowest BCUT2D eigenvalue weighted by Gasteiger charge is -2.09. The Morgan fingerprint density at radius 2 is 1.88 bits per heavy atom. The molecular weight excluding hydrogens is 318 g/mol. The molecular formula is C19H19N3O3. The first-order valence-corrected chi connectivity index (χ1v) is 7.95. The lowest BCUT2D eigenvalue weighted by molar-refractivity contribution is 0.355. The van der Waals surface area contributed by atoms with Crippen LogP contribution >= 0.6 is 0 Å². The van der Waals surface area contributed by atoms with Crippen molar-refractivity contribution in [3.05, 3.63) is 64.2 Å². The van der Waals surface area contributed by atoms with Gasteiger partial charge >= 0.3 is 0 Å². The van der Waals surface area contributed by atoms with Crippen molar-refractivity contribution in [2.24, 2.45) is 5.10 Å². The van der Waals surface area contributed by atoms with Crippen LogP contribution in [0.4, 0.5) is 0 Å². The van der Waals surface area contributed by atoms with E-state index in [1.807, 2.05) is 31.2 Å². The summed E-state index contributed by atoms with van der Waals surface area (Å²) < 4.78 is 11.9. The predicted octanol–water partition coefficient (Wildman–Crippen LogP) is 2.86. The minimum Gasteiger partial charge on any atom is -0.493 e. The fraction of sp³-hybridized carbons (Fsp3) is 0.211. The third-order valence-electron chi connectivity index (χ3n) is 3.87. The van der Waals surface area contributed by atoms with Crippen LogP contribution in [-0.4, -0.2) is 30.1 Å². The molecule has 6 heteroatoms. The van der Waals surface area contributed by atoms with Gasteiger partial charge < -0.3 is 9.47 Å². The second kappa shape index (κ2) is 7.17. The number of nitrogens with zero attached hydrogens (tertiary/aromatic N) is 3. The van der Waals surface area contributed by atoms with Crippen molar-refractivity contribution >= 4 is 17.1 Å². The number of benzene rings is 2. The normalized spacial score (nSPS) is 11.2. The number of fused-ring (bicyclic) bond motifs is 1. The van der Waals surface area contributed by atoms with Gasteiger partial charge in [0.2, 0.25) is 0 Å². The summed E-state index contributed by atoms with van der Waals surface area (Å²) in [7, 11) is 3.16. The molecule has 128 valence electrons. The van der Waals surface area contributed by atoms with Crippen molar-refractivity contribution in [3.8, 4) is 11.5 Å². The van der Waals surface area contributed by atoms with Gasteiger partial charge in [-0.25, -0.2) is 4.98 Å². The largest absolute Gasteiger partial charge is 0.493 e. The number of aromatic nitrogens is 2. The predicted molar refractivity (Wildman–Crippen MR) is 97.9 cm³/mol. The molecule has 0 aliphatic heterocycles. The van der Waals surface area contributed by atoms with Crippen molar-refractivity contribution in [3.63, 3.8) is 0 Å². The van der Waals surface area contributed by atoms with Crippen LogP contribution in [0.15, 0.2) is 52.4 Å². The van der Waals surface area contributed by atoms with E-state index < -0.39 is 0 Å². The van der Waals surface area contributed by atoms with E-state index >= 15 is 0 Å². The molecule has 0 atom stereocenters. The number of hydrogen-bond acceptors (Lipinski definition) is 5. The van der Waals surface area contributed by atoms with E-state index in [1.54, 1.807) is 38.6 Å². The smallest absolute Gasteiger partial charge is 0.282 e. The van der Waals surface area contributed by atoms with Crippen LogP contribution in [0.2, 0.25) is 0 Å². The molecule has 0 spiro atoms. The van der Waals surface area contributed by atoms with Gasteiger partial charge in [0.1, 0.15) is 5.82 Å². The molecule has 3 rings (SSSR count). The number of hydrogen-bond donors (Lipinski definition) is 0. The van der Waals surface area contributed by atoms with E-state index in [4.69, 9.17) is 9.47 Å². The molecule has 0 fully saturated rings. The van der Waals surface area contributed by atoms with E-state index in [9.17, 15) is 4.79 Å². The molecule has 0 saturated carbocycles. The Hall–Kier alpha value is -3.15. The lowest BCUT2D eigenvalue weighted by Crippen LogP contribution is -2.22. The van der Waals surface area contributed by atoms with Gasteiger partial charge in [0, 0.05) is 6.42 Å². The Balaban J connectivity index is 2.07. The quantitative estimate of drug-likeness (QED) is 0.672. The van der Waals surface area contributed by atoms with Crippen LogP contribution < -0.4 is 15.0 Å². The first-order valence-electron chi connectivity index (χ1n) is 7.95. The molecule has 0 unspecified atom stereocenters. The zero-order valence-electron chi connectivity index (χ0n) is 14.4. The minimum atomic E-state index is -0.181. The van der Waals surface area contributed by atoms with Crippen molar-refractivity contribution in [1.82, 2.24) is 9.66 Å². The van der Waals surface area contributed by atoms with Crippen molar-refractivity contribution in [1.29, 1.82) is 0 Å². The van der Waals surface area contributed by atoms with Crippen molar-refractivity contribution < 1.29 is 9.47 Å². The molecule has 25 heavy (non-hydrogen) atoms. The molecule has 0 aliphatic rings. The van der Waals surface area contributed by atoms with Gasteiger partial charge in [0.25, 0.3) is 5.56 Å². The average Bonchev–Trinajstić information content (AvgIpc) is 2.66. The first-order chi connectivity index (χ1) is 12.2. The van der Waals surface area contributed by atoms with E-state index in [0.717, 1.165) is 5.56 Å². The van der Waals surface area contributed by atoms with Crippen LogP contribution in [-0.2, 0) is 6.42 Å². The minimum absolute atomic E-state index is 0.181. The monoisotopic (exact) mass is 337 g/mol. The van der Waals surface area contributed by atoms with Gasteiger partial charge in [0.05, 0.1) is 31.3 Å². The Kier molecular flexibility index (Phi) is 4.79. The molecule has 0 aliphatic carbocycles. The molecule has 1 aromatic heterocycles. The van der Waals surface area contributed by atoms with Crippen LogP contribution in [0, 0.1) is 0 Å². The number of para-hydroxylation sites is 1. The van der Waals surface area contributed by atoms with Crippen molar-refractivity contribution in [2.75, 3.05) is 14.2 Å². The molecule has 0 amide bonds. The standard InChI is InChI=1S/C19H19N3O3/c1-4-18-21-15-8-6-5-7-14(15)19(23)22(18)20-12-13-9-10-16(24-2)17(11-13)25-3/h5-12H,4H2,1-3H3/b20-12+. The summed E-state index contributed by atoms with van der Waals surface area (Å²) in [5, 5.41) is 4.89.